The summed E-state index contributed by atoms with van der Waals surface area (Å²) in [6, 6.07) is 4.96. The lowest BCUT2D eigenvalue weighted by atomic mass is 10.2. The van der Waals surface area contributed by atoms with Crippen LogP contribution in [-0.4, -0.2) is 51.2 Å². The smallest absolute Gasteiger partial charge is 0.247 e. The molecule has 1 N–H and O–H groups in total. The SMILES string of the molecule is COc1ccc(NC(=O)C23CC2CCN(C)S3(=O)=O)c(OC)c1. The molecular formula is C15H20N2O5S. The number of ether oxygens (including phenoxy) is 2. The molecule has 0 radical (unpaired) electrons. The van der Waals surface area contributed by atoms with Gasteiger partial charge in [0.15, 0.2) is 4.75 Å². The molecule has 1 aliphatic carbocycles. The molecule has 8 heteroatoms. The van der Waals surface area contributed by atoms with Crippen molar-refractivity contribution in [3.63, 3.8) is 0 Å². The molecule has 1 aliphatic heterocycles. The van der Waals surface area contributed by atoms with Crippen molar-refractivity contribution in [3.05, 3.63) is 18.2 Å². The van der Waals surface area contributed by atoms with Gasteiger partial charge in [-0.1, -0.05) is 0 Å². The number of carbonyl (C=O) groups excluding carboxylic acids is 1. The van der Waals surface area contributed by atoms with Gasteiger partial charge in [-0.3, -0.25) is 4.79 Å². The molecule has 3 rings (SSSR count). The Bertz CT molecular complexity index is 748. The third kappa shape index (κ3) is 2.28. The van der Waals surface area contributed by atoms with Gasteiger partial charge in [0.2, 0.25) is 15.9 Å². The summed E-state index contributed by atoms with van der Waals surface area (Å²) in [6.45, 7) is 0.466. The van der Waals surface area contributed by atoms with Crippen molar-refractivity contribution < 1.29 is 22.7 Å². The lowest BCUT2D eigenvalue weighted by molar-refractivity contribution is -0.117. The number of hydrogen-bond acceptors (Lipinski definition) is 5. The van der Waals surface area contributed by atoms with Crippen LogP contribution in [0.15, 0.2) is 18.2 Å². The number of nitrogens with one attached hydrogen (secondary N) is 1. The van der Waals surface area contributed by atoms with E-state index < -0.39 is 20.7 Å². The Hall–Kier alpha value is -1.80. The van der Waals surface area contributed by atoms with Crippen LogP contribution < -0.4 is 14.8 Å². The molecule has 1 aromatic carbocycles. The van der Waals surface area contributed by atoms with Crippen LogP contribution in [0.2, 0.25) is 0 Å². The lowest BCUT2D eigenvalue weighted by Gasteiger charge is -2.29. The highest BCUT2D eigenvalue weighted by Gasteiger charge is 2.71. The van der Waals surface area contributed by atoms with E-state index in [1.165, 1.54) is 25.6 Å². The van der Waals surface area contributed by atoms with E-state index in [9.17, 15) is 13.2 Å². The predicted octanol–water partition coefficient (Wildman–Crippen LogP) is 1.07. The number of fused-ring (bicyclic) bond motifs is 1. The number of anilines is 1. The second-order valence-electron chi connectivity index (χ2n) is 5.93. The average molecular weight is 340 g/mol. The topological polar surface area (TPSA) is 84.9 Å². The monoisotopic (exact) mass is 340 g/mol. The summed E-state index contributed by atoms with van der Waals surface area (Å²) in [5.41, 5.74) is 0.432. The molecule has 2 fully saturated rings. The van der Waals surface area contributed by atoms with Crippen molar-refractivity contribution in [2.45, 2.75) is 17.6 Å². The fourth-order valence-electron chi connectivity index (χ4n) is 3.22. The number of hydrogen-bond donors (Lipinski definition) is 1. The van der Waals surface area contributed by atoms with Crippen molar-refractivity contribution in [2.24, 2.45) is 5.92 Å². The molecule has 2 atom stereocenters. The molecule has 1 heterocycles. The number of carbonyl (C=O) groups is 1. The van der Waals surface area contributed by atoms with Gasteiger partial charge in [-0.2, -0.15) is 0 Å². The maximum Gasteiger partial charge on any atom is 0.247 e. The second kappa shape index (κ2) is 5.38. The number of amides is 1. The first-order valence-electron chi connectivity index (χ1n) is 7.36. The zero-order valence-electron chi connectivity index (χ0n) is 13.3. The Morgan fingerprint density at radius 2 is 2.09 bits per heavy atom. The third-order valence-electron chi connectivity index (χ3n) is 4.75. The molecule has 1 aromatic rings. The number of rotatable bonds is 4. The maximum absolute atomic E-state index is 12.7. The molecule has 1 amide bonds. The zero-order valence-corrected chi connectivity index (χ0v) is 14.1. The van der Waals surface area contributed by atoms with Gasteiger partial charge in [-0.25, -0.2) is 12.7 Å². The van der Waals surface area contributed by atoms with E-state index >= 15 is 0 Å². The Kier molecular flexibility index (Phi) is 3.76. The van der Waals surface area contributed by atoms with E-state index in [1.807, 2.05) is 0 Å². The molecule has 7 nitrogen and oxygen atoms in total. The summed E-state index contributed by atoms with van der Waals surface area (Å²) in [5, 5.41) is 2.72. The van der Waals surface area contributed by atoms with Crippen LogP contribution in [0.5, 0.6) is 11.5 Å². The van der Waals surface area contributed by atoms with E-state index in [0.29, 0.717) is 36.6 Å². The van der Waals surface area contributed by atoms with Crippen molar-refractivity contribution in [1.29, 1.82) is 0 Å². The Labute approximate surface area is 135 Å². The Balaban J connectivity index is 1.89. The maximum atomic E-state index is 12.7. The Morgan fingerprint density at radius 1 is 1.35 bits per heavy atom. The second-order valence-corrected chi connectivity index (χ2v) is 8.23. The molecular weight excluding hydrogens is 320 g/mol. The summed E-state index contributed by atoms with van der Waals surface area (Å²) < 4.78 is 35.5. The van der Waals surface area contributed by atoms with Gasteiger partial charge in [-0.15, -0.1) is 0 Å². The van der Waals surface area contributed by atoms with E-state index in [2.05, 4.69) is 5.32 Å². The fraction of sp³-hybridized carbons (Fsp3) is 0.533. The highest BCUT2D eigenvalue weighted by Crippen LogP contribution is 2.56. The van der Waals surface area contributed by atoms with Crippen LogP contribution in [-0.2, 0) is 14.8 Å². The van der Waals surface area contributed by atoms with E-state index in [-0.39, 0.29) is 5.92 Å². The number of methoxy groups -OCH3 is 2. The van der Waals surface area contributed by atoms with Crippen molar-refractivity contribution in [1.82, 2.24) is 4.31 Å². The van der Waals surface area contributed by atoms with Crippen molar-refractivity contribution in [2.75, 3.05) is 33.1 Å². The molecule has 1 saturated carbocycles. The van der Waals surface area contributed by atoms with Gasteiger partial charge in [0.05, 0.1) is 19.9 Å². The van der Waals surface area contributed by atoms with Crippen LogP contribution >= 0.6 is 0 Å². The molecule has 23 heavy (non-hydrogen) atoms. The molecule has 0 spiro atoms. The molecule has 0 bridgehead atoms. The zero-order chi connectivity index (χ0) is 16.8. The van der Waals surface area contributed by atoms with Crippen molar-refractivity contribution in [3.8, 4) is 11.5 Å². The van der Waals surface area contributed by atoms with Gasteiger partial charge in [-0.05, 0) is 30.9 Å². The van der Waals surface area contributed by atoms with Crippen LogP contribution in [0.4, 0.5) is 5.69 Å². The summed E-state index contributed by atoms with van der Waals surface area (Å²) in [5.74, 6) is 0.422. The summed E-state index contributed by atoms with van der Waals surface area (Å²) in [7, 11) is 0.910. The summed E-state index contributed by atoms with van der Waals surface area (Å²) >= 11 is 0. The van der Waals surface area contributed by atoms with Crippen LogP contribution in [0.25, 0.3) is 0 Å². The number of sulfonamides is 1. The van der Waals surface area contributed by atoms with Crippen LogP contribution in [0.3, 0.4) is 0 Å². The molecule has 2 unspecified atom stereocenters. The van der Waals surface area contributed by atoms with Gasteiger partial charge in [0, 0.05) is 19.7 Å². The first-order valence-corrected chi connectivity index (χ1v) is 8.80. The van der Waals surface area contributed by atoms with E-state index in [1.54, 1.807) is 18.2 Å². The van der Waals surface area contributed by atoms with E-state index in [4.69, 9.17) is 9.47 Å². The summed E-state index contributed by atoms with van der Waals surface area (Å²) in [6.07, 6.45) is 1.09. The lowest BCUT2D eigenvalue weighted by Crippen LogP contribution is -2.50. The van der Waals surface area contributed by atoms with Gasteiger partial charge in [0.1, 0.15) is 11.5 Å². The summed E-state index contributed by atoms with van der Waals surface area (Å²) in [4.78, 5) is 12.7. The van der Waals surface area contributed by atoms with Crippen LogP contribution in [0.1, 0.15) is 12.8 Å². The predicted molar refractivity (Wildman–Crippen MR) is 85.2 cm³/mol. The minimum Gasteiger partial charge on any atom is -0.497 e. The standard InChI is InChI=1S/C15H20N2O5S/c1-17-7-6-10-9-15(10,23(17,19)20)14(18)16-12-5-4-11(21-2)8-13(12)22-3/h4-5,8,10H,6-7,9H2,1-3H3,(H,16,18). The largest absolute Gasteiger partial charge is 0.497 e. The molecule has 1 saturated heterocycles. The molecule has 2 aliphatic rings. The van der Waals surface area contributed by atoms with Gasteiger partial charge in [0.25, 0.3) is 0 Å². The Morgan fingerprint density at radius 3 is 2.74 bits per heavy atom. The van der Waals surface area contributed by atoms with Crippen molar-refractivity contribution >= 4 is 21.6 Å². The van der Waals surface area contributed by atoms with E-state index in [0.717, 1.165) is 0 Å². The number of benzene rings is 1. The number of nitrogens with zero attached hydrogens (tertiary/aromatic N) is 1. The molecule has 0 aromatic heterocycles. The minimum absolute atomic E-state index is 0.104. The quantitative estimate of drug-likeness (QED) is 0.886. The minimum atomic E-state index is -3.62. The first kappa shape index (κ1) is 16.1. The van der Waals surface area contributed by atoms with Crippen LogP contribution in [0, 0.1) is 5.92 Å². The first-order chi connectivity index (χ1) is 10.9. The highest BCUT2D eigenvalue weighted by molar-refractivity contribution is 7.91. The fourth-order valence-corrected chi connectivity index (χ4v) is 5.36. The average Bonchev–Trinajstić information content (AvgIpc) is 3.29. The van der Waals surface area contributed by atoms with Gasteiger partial charge < -0.3 is 14.8 Å². The molecule has 126 valence electrons. The highest BCUT2D eigenvalue weighted by atomic mass is 32.2. The third-order valence-corrected chi connectivity index (χ3v) is 7.36. The van der Waals surface area contributed by atoms with Gasteiger partial charge >= 0.3 is 0 Å². The normalized spacial score (nSPS) is 28.6.